The number of carbonyl (C=O) groups excluding carboxylic acids is 2. The lowest BCUT2D eigenvalue weighted by Crippen LogP contribution is -2.31. The van der Waals surface area contributed by atoms with Gasteiger partial charge in [0.1, 0.15) is 11.5 Å². The van der Waals surface area contributed by atoms with Gasteiger partial charge in [0.05, 0.1) is 31.5 Å². The molecular weight excluding hydrogens is 447 g/mol. The van der Waals surface area contributed by atoms with Gasteiger partial charge in [-0.25, -0.2) is 13.6 Å². The van der Waals surface area contributed by atoms with Crippen LogP contribution in [0.4, 0.5) is 27.6 Å². The zero-order valence-electron chi connectivity index (χ0n) is 14.9. The molecule has 2 rings (SSSR count). The van der Waals surface area contributed by atoms with E-state index >= 15 is 0 Å². The number of anilines is 1. The fourth-order valence-electron chi connectivity index (χ4n) is 2.34. The van der Waals surface area contributed by atoms with Crippen molar-refractivity contribution in [2.75, 3.05) is 32.1 Å². The highest BCUT2D eigenvalue weighted by Crippen LogP contribution is 2.33. The summed E-state index contributed by atoms with van der Waals surface area (Å²) in [6.07, 6.45) is 0. The quantitative estimate of drug-likeness (QED) is 0.266. The number of carbonyl (C=O) groups is 2. The van der Waals surface area contributed by atoms with Crippen molar-refractivity contribution in [1.82, 2.24) is 4.90 Å². The van der Waals surface area contributed by atoms with Crippen LogP contribution in [-0.2, 0) is 24.4 Å². The van der Waals surface area contributed by atoms with Crippen LogP contribution in [0.15, 0.2) is 23.4 Å². The Hall–Kier alpha value is -2.94. The molecule has 0 saturated heterocycles. The topological polar surface area (TPSA) is 122 Å². The number of aliphatic hydroxyl groups is 1. The van der Waals surface area contributed by atoms with Crippen molar-refractivity contribution >= 4 is 27.7 Å². The van der Waals surface area contributed by atoms with Crippen LogP contribution in [0.3, 0.4) is 0 Å². The van der Waals surface area contributed by atoms with Crippen LogP contribution >= 0.6 is 0 Å². The maximum atomic E-state index is 14.1. The monoisotopic (exact) mass is 460 g/mol. The Kier molecular flexibility index (Phi) is 6.56. The number of alkyl halides is 3. The van der Waals surface area contributed by atoms with Crippen LogP contribution in [0.1, 0.15) is 0 Å². The number of ether oxygens (including phenoxy) is 1. The zero-order valence-corrected chi connectivity index (χ0v) is 15.7. The fourth-order valence-corrected chi connectivity index (χ4v) is 2.80. The summed E-state index contributed by atoms with van der Waals surface area (Å²) in [5.74, 6) is -6.63. The molecule has 1 aliphatic heterocycles. The summed E-state index contributed by atoms with van der Waals surface area (Å²) >= 11 is 0. The molecule has 0 bridgehead atoms. The average Bonchev–Trinajstić information content (AvgIpc) is 2.94. The SMILES string of the molecule is COC(=O)C1=C(Nc2cc(OS(=O)(=O)C(F)(F)F)c(F)cc2F)C(=O)N(CCO)C1. The molecule has 0 radical (unpaired) electrons. The second-order valence-electron chi connectivity index (χ2n) is 5.67. The summed E-state index contributed by atoms with van der Waals surface area (Å²) in [6, 6.07) is 0.255. The predicted octanol–water partition coefficient (Wildman–Crippen LogP) is 0.867. The lowest BCUT2D eigenvalue weighted by Gasteiger charge is -2.16. The molecule has 0 spiro atoms. The highest BCUT2D eigenvalue weighted by atomic mass is 32.2. The second kappa shape index (κ2) is 8.43. The van der Waals surface area contributed by atoms with Gasteiger partial charge in [-0.3, -0.25) is 4.79 Å². The van der Waals surface area contributed by atoms with E-state index in [4.69, 9.17) is 5.11 Å². The first kappa shape index (κ1) is 23.3. The van der Waals surface area contributed by atoms with Crippen LogP contribution in [-0.4, -0.2) is 62.6 Å². The molecule has 0 aliphatic carbocycles. The standard InChI is InChI=1S/C15H13F5N2O7S/c1-28-14(25)7-6-22(2-3-23)13(24)12(7)21-10-5-11(9(17)4-8(10)16)29-30(26,27)15(18,19)20/h4-5,21,23H,2-3,6H2,1H3. The minimum atomic E-state index is -6.26. The second-order valence-corrected chi connectivity index (χ2v) is 7.20. The number of nitrogens with zero attached hydrogens (tertiary/aromatic N) is 1. The van der Waals surface area contributed by atoms with Crippen molar-refractivity contribution in [2.24, 2.45) is 0 Å². The van der Waals surface area contributed by atoms with Gasteiger partial charge in [-0.1, -0.05) is 0 Å². The summed E-state index contributed by atoms with van der Waals surface area (Å²) in [7, 11) is -5.28. The Labute approximate surface area is 165 Å². The molecule has 1 aliphatic rings. The van der Waals surface area contributed by atoms with E-state index in [0.29, 0.717) is 0 Å². The molecule has 1 heterocycles. The van der Waals surface area contributed by atoms with Crippen LogP contribution in [0.2, 0.25) is 0 Å². The minimum absolute atomic E-state index is 0.0207. The first-order valence-electron chi connectivity index (χ1n) is 7.80. The van der Waals surface area contributed by atoms with Crippen LogP contribution in [0.5, 0.6) is 5.75 Å². The van der Waals surface area contributed by atoms with Crippen molar-refractivity contribution < 1.29 is 54.0 Å². The van der Waals surface area contributed by atoms with Crippen molar-refractivity contribution in [2.45, 2.75) is 5.51 Å². The highest BCUT2D eigenvalue weighted by Gasteiger charge is 2.49. The maximum Gasteiger partial charge on any atom is 0.534 e. The maximum absolute atomic E-state index is 14.1. The Morgan fingerprint density at radius 3 is 2.43 bits per heavy atom. The van der Waals surface area contributed by atoms with E-state index < -0.39 is 62.9 Å². The lowest BCUT2D eigenvalue weighted by molar-refractivity contribution is -0.136. The molecule has 1 aromatic rings. The minimum Gasteiger partial charge on any atom is -0.466 e. The summed E-state index contributed by atoms with van der Waals surface area (Å²) in [4.78, 5) is 25.2. The number of amides is 1. The number of hydrogen-bond donors (Lipinski definition) is 2. The fraction of sp³-hybridized carbons (Fsp3) is 0.333. The van der Waals surface area contributed by atoms with Gasteiger partial charge in [0.25, 0.3) is 5.91 Å². The number of esters is 1. The molecule has 0 aromatic heterocycles. The molecule has 166 valence electrons. The molecule has 1 amide bonds. The summed E-state index contributed by atoms with van der Waals surface area (Å²) in [5, 5.41) is 11.1. The van der Waals surface area contributed by atoms with Gasteiger partial charge in [0.2, 0.25) is 0 Å². The number of nitrogens with one attached hydrogen (secondary N) is 1. The Morgan fingerprint density at radius 1 is 1.27 bits per heavy atom. The normalized spacial score (nSPS) is 14.9. The molecular formula is C15H13F5N2O7S. The van der Waals surface area contributed by atoms with Gasteiger partial charge >= 0.3 is 21.6 Å². The van der Waals surface area contributed by atoms with Gasteiger partial charge in [0.15, 0.2) is 11.6 Å². The van der Waals surface area contributed by atoms with E-state index in [1.54, 1.807) is 0 Å². The molecule has 0 atom stereocenters. The van der Waals surface area contributed by atoms with Gasteiger partial charge in [-0.05, 0) is 0 Å². The number of β-amino-alcohol motifs (C(OH)–C–C–N with tert-alkyl or cyclic N) is 1. The van der Waals surface area contributed by atoms with E-state index in [1.807, 2.05) is 0 Å². The molecule has 0 unspecified atom stereocenters. The molecule has 0 fully saturated rings. The predicted molar refractivity (Wildman–Crippen MR) is 88.3 cm³/mol. The number of hydrogen-bond acceptors (Lipinski definition) is 8. The molecule has 9 nitrogen and oxygen atoms in total. The van der Waals surface area contributed by atoms with E-state index in [9.17, 15) is 40.0 Å². The van der Waals surface area contributed by atoms with Crippen molar-refractivity contribution in [1.29, 1.82) is 0 Å². The summed E-state index contributed by atoms with van der Waals surface area (Å²) in [5.41, 5.74) is -7.62. The Bertz CT molecular complexity index is 1010. The number of aliphatic hydroxyl groups excluding tert-OH is 1. The third-order valence-corrected chi connectivity index (χ3v) is 4.68. The Morgan fingerprint density at radius 2 is 1.90 bits per heavy atom. The van der Waals surface area contributed by atoms with Gasteiger partial charge in [-0.2, -0.15) is 21.6 Å². The van der Waals surface area contributed by atoms with Gasteiger partial charge in [-0.15, -0.1) is 0 Å². The Balaban J connectivity index is 2.46. The van der Waals surface area contributed by atoms with Crippen molar-refractivity contribution in [3.05, 3.63) is 35.0 Å². The van der Waals surface area contributed by atoms with E-state index in [-0.39, 0.29) is 30.8 Å². The molecule has 15 heteroatoms. The highest BCUT2D eigenvalue weighted by molar-refractivity contribution is 7.88. The van der Waals surface area contributed by atoms with Crippen LogP contribution in [0.25, 0.3) is 0 Å². The van der Waals surface area contributed by atoms with Gasteiger partial charge in [0, 0.05) is 18.7 Å². The number of benzene rings is 1. The van der Waals surface area contributed by atoms with Crippen LogP contribution in [0, 0.1) is 11.6 Å². The first-order chi connectivity index (χ1) is 13.8. The van der Waals surface area contributed by atoms with E-state index in [2.05, 4.69) is 14.2 Å². The van der Waals surface area contributed by atoms with Crippen LogP contribution < -0.4 is 9.50 Å². The molecule has 30 heavy (non-hydrogen) atoms. The lowest BCUT2D eigenvalue weighted by atomic mass is 10.2. The largest absolute Gasteiger partial charge is 0.534 e. The summed E-state index contributed by atoms with van der Waals surface area (Å²) < 4.78 is 95.5. The van der Waals surface area contributed by atoms with E-state index in [0.717, 1.165) is 12.0 Å². The zero-order chi connectivity index (χ0) is 22.9. The van der Waals surface area contributed by atoms with Crippen molar-refractivity contribution in [3.8, 4) is 5.75 Å². The first-order valence-corrected chi connectivity index (χ1v) is 9.21. The molecule has 0 saturated carbocycles. The third-order valence-electron chi connectivity index (χ3n) is 3.72. The molecule has 2 N–H and O–H groups in total. The van der Waals surface area contributed by atoms with Gasteiger partial charge < -0.3 is 24.2 Å². The number of methoxy groups -OCH3 is 1. The average molecular weight is 460 g/mol. The van der Waals surface area contributed by atoms with E-state index in [1.165, 1.54) is 0 Å². The number of rotatable bonds is 7. The number of halogens is 5. The third kappa shape index (κ3) is 4.62. The summed E-state index contributed by atoms with van der Waals surface area (Å²) in [6.45, 7) is -1.04. The van der Waals surface area contributed by atoms with Crippen molar-refractivity contribution in [3.63, 3.8) is 0 Å². The molecule has 1 aromatic carbocycles. The smallest absolute Gasteiger partial charge is 0.466 e.